The van der Waals surface area contributed by atoms with Crippen molar-refractivity contribution in [1.29, 1.82) is 0 Å². The highest BCUT2D eigenvalue weighted by atomic mass is 19.4. The highest BCUT2D eigenvalue weighted by molar-refractivity contribution is 5.76. The number of nitrogens with two attached hydrogens (primary N) is 1. The predicted molar refractivity (Wildman–Crippen MR) is 94.1 cm³/mol. The SMILES string of the molecule is Cc1nc2nc(C(F)(F)F)nn2c(C)c1CCC(=O)N(C)CC(C)(C)CN. The molecule has 0 saturated heterocycles. The molecule has 2 aromatic heterocycles. The fraction of sp³-hybridized carbons (Fsp3) is 0.647. The molecule has 150 valence electrons. The first-order valence-corrected chi connectivity index (χ1v) is 8.60. The molecule has 0 radical (unpaired) electrons. The van der Waals surface area contributed by atoms with E-state index in [-0.39, 0.29) is 23.5 Å². The third-order valence-corrected chi connectivity index (χ3v) is 4.53. The van der Waals surface area contributed by atoms with Crippen LogP contribution in [0, 0.1) is 19.3 Å². The van der Waals surface area contributed by atoms with Gasteiger partial charge in [0.25, 0.3) is 11.6 Å². The molecule has 7 nitrogen and oxygen atoms in total. The third kappa shape index (κ3) is 4.74. The summed E-state index contributed by atoms with van der Waals surface area (Å²) in [5.74, 6) is -1.39. The maximum absolute atomic E-state index is 12.8. The molecular weight excluding hydrogens is 361 g/mol. The summed E-state index contributed by atoms with van der Waals surface area (Å²) >= 11 is 0. The van der Waals surface area contributed by atoms with E-state index in [1.54, 1.807) is 25.8 Å². The van der Waals surface area contributed by atoms with Crippen molar-refractivity contribution in [3.63, 3.8) is 0 Å². The van der Waals surface area contributed by atoms with E-state index >= 15 is 0 Å². The molecule has 0 aliphatic rings. The first kappa shape index (κ1) is 21.1. The second-order valence-electron chi connectivity index (χ2n) is 7.52. The topological polar surface area (TPSA) is 89.4 Å². The minimum atomic E-state index is -4.64. The highest BCUT2D eigenvalue weighted by Gasteiger charge is 2.37. The Morgan fingerprint density at radius 1 is 1.22 bits per heavy atom. The maximum Gasteiger partial charge on any atom is 0.453 e. The molecule has 1 amide bonds. The van der Waals surface area contributed by atoms with Crippen LogP contribution in [0.25, 0.3) is 5.78 Å². The molecule has 0 saturated carbocycles. The summed E-state index contributed by atoms with van der Waals surface area (Å²) < 4.78 is 39.6. The van der Waals surface area contributed by atoms with E-state index in [2.05, 4.69) is 15.1 Å². The molecule has 0 aliphatic heterocycles. The summed E-state index contributed by atoms with van der Waals surface area (Å²) in [5, 5.41) is 3.52. The zero-order chi connectivity index (χ0) is 20.6. The van der Waals surface area contributed by atoms with Gasteiger partial charge in [-0.15, -0.1) is 5.10 Å². The van der Waals surface area contributed by atoms with E-state index in [0.717, 1.165) is 4.52 Å². The molecule has 2 N–H and O–H groups in total. The Labute approximate surface area is 155 Å². The van der Waals surface area contributed by atoms with Crippen LogP contribution in [-0.2, 0) is 17.4 Å². The zero-order valence-corrected chi connectivity index (χ0v) is 16.2. The number of hydrogen-bond donors (Lipinski definition) is 1. The van der Waals surface area contributed by atoms with E-state index in [4.69, 9.17) is 5.73 Å². The van der Waals surface area contributed by atoms with Crippen LogP contribution in [-0.4, -0.2) is 50.5 Å². The number of aromatic nitrogens is 4. The Morgan fingerprint density at radius 2 is 1.85 bits per heavy atom. The van der Waals surface area contributed by atoms with E-state index in [9.17, 15) is 18.0 Å². The van der Waals surface area contributed by atoms with Crippen LogP contribution in [0.2, 0.25) is 0 Å². The first-order chi connectivity index (χ1) is 12.4. The fourth-order valence-electron chi connectivity index (χ4n) is 2.91. The average molecular weight is 386 g/mol. The average Bonchev–Trinajstić information content (AvgIpc) is 2.98. The molecule has 0 aliphatic carbocycles. The molecule has 0 unspecified atom stereocenters. The van der Waals surface area contributed by atoms with Crippen LogP contribution in [0.5, 0.6) is 0 Å². The summed E-state index contributed by atoms with van der Waals surface area (Å²) in [5.41, 5.74) is 7.25. The molecule has 0 aromatic carbocycles. The van der Waals surface area contributed by atoms with Gasteiger partial charge >= 0.3 is 6.18 Å². The minimum Gasteiger partial charge on any atom is -0.345 e. The number of amides is 1. The fourth-order valence-corrected chi connectivity index (χ4v) is 2.91. The van der Waals surface area contributed by atoms with Gasteiger partial charge < -0.3 is 10.6 Å². The molecule has 10 heteroatoms. The van der Waals surface area contributed by atoms with E-state index in [1.807, 2.05) is 13.8 Å². The first-order valence-electron chi connectivity index (χ1n) is 8.60. The number of nitrogens with zero attached hydrogens (tertiary/aromatic N) is 5. The van der Waals surface area contributed by atoms with Crippen LogP contribution >= 0.6 is 0 Å². The van der Waals surface area contributed by atoms with Gasteiger partial charge in [0.1, 0.15) is 0 Å². The Hall–Kier alpha value is -2.23. The Bertz CT molecular complexity index is 843. The summed E-state index contributed by atoms with van der Waals surface area (Å²) in [6, 6.07) is 0. The van der Waals surface area contributed by atoms with Gasteiger partial charge in [0, 0.05) is 31.4 Å². The lowest BCUT2D eigenvalue weighted by molar-refractivity contribution is -0.144. The van der Waals surface area contributed by atoms with Gasteiger partial charge in [-0.05, 0) is 37.8 Å². The van der Waals surface area contributed by atoms with Crippen molar-refractivity contribution in [3.8, 4) is 0 Å². The van der Waals surface area contributed by atoms with Crippen molar-refractivity contribution in [2.45, 2.75) is 46.7 Å². The highest BCUT2D eigenvalue weighted by Crippen LogP contribution is 2.27. The summed E-state index contributed by atoms with van der Waals surface area (Å²) in [6.07, 6.45) is -4.07. The Kier molecular flexibility index (Phi) is 5.79. The van der Waals surface area contributed by atoms with Crippen LogP contribution in [0.15, 0.2) is 0 Å². The second-order valence-corrected chi connectivity index (χ2v) is 7.52. The van der Waals surface area contributed by atoms with Crippen molar-refractivity contribution in [1.82, 2.24) is 24.5 Å². The number of rotatable bonds is 6. The molecule has 2 rings (SSSR count). The van der Waals surface area contributed by atoms with E-state index in [1.165, 1.54) is 0 Å². The van der Waals surface area contributed by atoms with Gasteiger partial charge in [-0.1, -0.05) is 13.8 Å². The number of hydrogen-bond acceptors (Lipinski definition) is 5. The van der Waals surface area contributed by atoms with E-state index in [0.29, 0.717) is 36.5 Å². The lowest BCUT2D eigenvalue weighted by Gasteiger charge is -2.29. The standard InChI is InChI=1S/C17H25F3N6O/c1-10-12(6-7-13(27)25(5)9-16(3,4)8-21)11(2)26-15(22-10)23-14(24-26)17(18,19)20/h6-9,21H2,1-5H3. The number of carbonyl (C=O) groups excluding carboxylic acids is 1. The van der Waals surface area contributed by atoms with Crippen molar-refractivity contribution in [2.24, 2.45) is 11.1 Å². The number of aryl methyl sites for hydroxylation is 2. The summed E-state index contributed by atoms with van der Waals surface area (Å²) in [6.45, 7) is 8.28. The molecule has 2 heterocycles. The normalized spacial score (nSPS) is 12.6. The Balaban J connectivity index is 2.20. The van der Waals surface area contributed by atoms with Gasteiger partial charge in [-0.2, -0.15) is 18.2 Å². The number of halogens is 3. The smallest absolute Gasteiger partial charge is 0.345 e. The predicted octanol–water partition coefficient (Wildman–Crippen LogP) is 2.14. The van der Waals surface area contributed by atoms with Crippen molar-refractivity contribution >= 4 is 11.7 Å². The van der Waals surface area contributed by atoms with Crippen LogP contribution in [0.3, 0.4) is 0 Å². The molecule has 0 spiro atoms. The third-order valence-electron chi connectivity index (χ3n) is 4.53. The van der Waals surface area contributed by atoms with Crippen molar-refractivity contribution in [2.75, 3.05) is 20.1 Å². The molecule has 0 fully saturated rings. The van der Waals surface area contributed by atoms with Crippen molar-refractivity contribution < 1.29 is 18.0 Å². The maximum atomic E-state index is 12.8. The van der Waals surface area contributed by atoms with Crippen LogP contribution in [0.4, 0.5) is 13.2 Å². The van der Waals surface area contributed by atoms with Crippen LogP contribution in [0.1, 0.15) is 43.0 Å². The molecule has 2 aromatic rings. The largest absolute Gasteiger partial charge is 0.453 e. The van der Waals surface area contributed by atoms with Gasteiger partial charge in [0.15, 0.2) is 0 Å². The van der Waals surface area contributed by atoms with Crippen LogP contribution < -0.4 is 5.73 Å². The summed E-state index contributed by atoms with van der Waals surface area (Å²) in [7, 11) is 1.72. The monoisotopic (exact) mass is 386 g/mol. The summed E-state index contributed by atoms with van der Waals surface area (Å²) in [4.78, 5) is 21.6. The Morgan fingerprint density at radius 3 is 2.41 bits per heavy atom. The van der Waals surface area contributed by atoms with Gasteiger partial charge in [-0.25, -0.2) is 9.50 Å². The molecule has 27 heavy (non-hydrogen) atoms. The lowest BCUT2D eigenvalue weighted by atomic mass is 9.93. The number of fused-ring (bicyclic) bond motifs is 1. The molecule has 0 bridgehead atoms. The lowest BCUT2D eigenvalue weighted by Crippen LogP contribution is -2.39. The van der Waals surface area contributed by atoms with E-state index < -0.39 is 12.0 Å². The molecular formula is C17H25F3N6O. The molecule has 0 atom stereocenters. The van der Waals surface area contributed by atoms with Gasteiger partial charge in [0.05, 0.1) is 0 Å². The zero-order valence-electron chi connectivity index (χ0n) is 16.2. The quantitative estimate of drug-likeness (QED) is 0.822. The number of carbonyl (C=O) groups is 1. The second kappa shape index (κ2) is 7.41. The number of alkyl halides is 3. The minimum absolute atomic E-state index is 0.0648. The van der Waals surface area contributed by atoms with Gasteiger partial charge in [-0.3, -0.25) is 4.79 Å². The van der Waals surface area contributed by atoms with Gasteiger partial charge in [0.2, 0.25) is 5.91 Å². The van der Waals surface area contributed by atoms with Crippen molar-refractivity contribution in [3.05, 3.63) is 22.8 Å².